The molecule has 2 aliphatic carbocycles. The second-order valence-corrected chi connectivity index (χ2v) is 6.89. The highest BCUT2D eigenvalue weighted by Crippen LogP contribution is 2.60. The molecule has 1 amide bonds. The van der Waals surface area contributed by atoms with Gasteiger partial charge in [-0.1, -0.05) is 30.3 Å². The highest BCUT2D eigenvalue weighted by atomic mass is 16.5. The predicted octanol–water partition coefficient (Wildman–Crippen LogP) is 4.40. The molecule has 0 aliphatic heterocycles. The van der Waals surface area contributed by atoms with Crippen molar-refractivity contribution in [3.05, 3.63) is 53.6 Å². The van der Waals surface area contributed by atoms with E-state index < -0.39 is 6.09 Å². The lowest BCUT2D eigenvalue weighted by Gasteiger charge is -2.34. The van der Waals surface area contributed by atoms with Crippen LogP contribution in [-0.4, -0.2) is 18.3 Å². The number of fused-ring (bicyclic) bond motifs is 1. The third kappa shape index (κ3) is 2.52. The molecule has 2 aliphatic rings. The lowest BCUT2D eigenvalue weighted by molar-refractivity contribution is 0.178. The number of amides is 1. The van der Waals surface area contributed by atoms with Gasteiger partial charge in [0.2, 0.25) is 0 Å². The number of carbonyl (C=O) groups is 1. The van der Waals surface area contributed by atoms with E-state index >= 15 is 0 Å². The summed E-state index contributed by atoms with van der Waals surface area (Å²) < 4.78 is 5.21. The Hall–Kier alpha value is -2.49. The van der Waals surface area contributed by atoms with Gasteiger partial charge in [-0.15, -0.1) is 0 Å². The summed E-state index contributed by atoms with van der Waals surface area (Å²) in [4.78, 5) is 11.2. The topological polar surface area (TPSA) is 58.6 Å². The van der Waals surface area contributed by atoms with E-state index in [0.29, 0.717) is 0 Å². The Morgan fingerprint density at radius 3 is 2.46 bits per heavy atom. The Bertz CT molecular complexity index is 778. The van der Waals surface area contributed by atoms with E-state index in [2.05, 4.69) is 35.6 Å². The first-order valence-corrected chi connectivity index (χ1v) is 8.38. The molecule has 2 aromatic carbocycles. The van der Waals surface area contributed by atoms with Gasteiger partial charge in [-0.3, -0.25) is 0 Å². The zero-order valence-corrected chi connectivity index (χ0v) is 13.7. The van der Waals surface area contributed by atoms with Gasteiger partial charge in [-0.2, -0.15) is 0 Å². The van der Waals surface area contributed by atoms with Crippen molar-refractivity contribution in [2.45, 2.75) is 31.7 Å². The van der Waals surface area contributed by atoms with Crippen molar-refractivity contribution >= 4 is 6.09 Å². The first-order chi connectivity index (χ1) is 11.6. The molecule has 4 rings (SSSR count). The monoisotopic (exact) mass is 323 g/mol. The summed E-state index contributed by atoms with van der Waals surface area (Å²) in [5, 5.41) is 12.0. The van der Waals surface area contributed by atoms with E-state index in [-0.39, 0.29) is 11.5 Å². The van der Waals surface area contributed by atoms with Crippen molar-refractivity contribution in [2.75, 3.05) is 7.11 Å². The smallest absolute Gasteiger partial charge is 0.405 e. The van der Waals surface area contributed by atoms with Crippen LogP contribution in [0.2, 0.25) is 0 Å². The Morgan fingerprint density at radius 2 is 1.83 bits per heavy atom. The molecule has 24 heavy (non-hydrogen) atoms. The molecule has 124 valence electrons. The van der Waals surface area contributed by atoms with Crippen LogP contribution in [0.25, 0.3) is 11.1 Å². The fourth-order valence-corrected chi connectivity index (χ4v) is 3.98. The number of nitrogens with one attached hydrogen (secondary N) is 1. The Kier molecular flexibility index (Phi) is 3.48. The van der Waals surface area contributed by atoms with Gasteiger partial charge in [-0.25, -0.2) is 4.79 Å². The number of methoxy groups -OCH3 is 1. The van der Waals surface area contributed by atoms with Crippen molar-refractivity contribution < 1.29 is 14.6 Å². The molecule has 2 N–H and O–H groups in total. The zero-order chi connectivity index (χ0) is 16.7. The Morgan fingerprint density at radius 1 is 1.12 bits per heavy atom. The molecule has 1 unspecified atom stereocenters. The van der Waals surface area contributed by atoms with Gasteiger partial charge < -0.3 is 15.2 Å². The lowest BCUT2D eigenvalue weighted by Crippen LogP contribution is -2.36. The van der Waals surface area contributed by atoms with Gasteiger partial charge in [0.1, 0.15) is 5.75 Å². The maximum absolute atomic E-state index is 11.2. The molecular weight excluding hydrogens is 302 g/mol. The summed E-state index contributed by atoms with van der Waals surface area (Å²) in [5.41, 5.74) is 4.89. The van der Waals surface area contributed by atoms with Crippen molar-refractivity contribution in [1.82, 2.24) is 5.32 Å². The van der Waals surface area contributed by atoms with Gasteiger partial charge in [0.15, 0.2) is 0 Å². The predicted molar refractivity (Wildman–Crippen MR) is 92.3 cm³/mol. The fraction of sp³-hybridized carbons (Fsp3) is 0.350. The number of ether oxygens (including phenoxy) is 1. The third-order valence-electron chi connectivity index (χ3n) is 5.54. The molecule has 0 radical (unpaired) electrons. The maximum atomic E-state index is 11.2. The Balaban J connectivity index is 1.68. The number of hydrogen-bond acceptors (Lipinski definition) is 2. The van der Waals surface area contributed by atoms with E-state index in [1.54, 1.807) is 7.11 Å². The summed E-state index contributed by atoms with van der Waals surface area (Å²) >= 11 is 0. The summed E-state index contributed by atoms with van der Waals surface area (Å²) in [5.74, 6) is 0.845. The van der Waals surface area contributed by atoms with Crippen LogP contribution >= 0.6 is 0 Å². The number of carboxylic acid groups (broad SMARTS) is 1. The lowest BCUT2D eigenvalue weighted by atomic mass is 9.76. The van der Waals surface area contributed by atoms with Gasteiger partial charge in [-0.05, 0) is 65.5 Å². The van der Waals surface area contributed by atoms with Crippen LogP contribution in [0.15, 0.2) is 42.5 Å². The molecule has 1 saturated carbocycles. The SMILES string of the molecule is COc1ccc(-c2ccc3c(c2)CCC2(CC2)C3NC(=O)O)cc1. The average molecular weight is 323 g/mol. The van der Waals surface area contributed by atoms with Crippen molar-refractivity contribution in [3.63, 3.8) is 0 Å². The maximum Gasteiger partial charge on any atom is 0.405 e. The molecule has 1 fully saturated rings. The minimum Gasteiger partial charge on any atom is -0.497 e. The van der Waals surface area contributed by atoms with E-state index in [1.165, 1.54) is 5.56 Å². The van der Waals surface area contributed by atoms with E-state index in [1.807, 2.05) is 12.1 Å². The first-order valence-electron chi connectivity index (χ1n) is 8.38. The van der Waals surface area contributed by atoms with Crippen molar-refractivity contribution in [1.29, 1.82) is 0 Å². The highest BCUT2D eigenvalue weighted by Gasteiger charge is 2.52. The molecule has 0 bridgehead atoms. The van der Waals surface area contributed by atoms with Crippen molar-refractivity contribution in [2.24, 2.45) is 5.41 Å². The first kappa shape index (κ1) is 15.1. The molecule has 4 heteroatoms. The number of hydrogen-bond donors (Lipinski definition) is 2. The quantitative estimate of drug-likeness (QED) is 0.880. The highest BCUT2D eigenvalue weighted by molar-refractivity contribution is 5.68. The molecular formula is C20H21NO3. The van der Waals surface area contributed by atoms with Crippen LogP contribution in [0.5, 0.6) is 5.75 Å². The molecule has 1 spiro atoms. The van der Waals surface area contributed by atoms with E-state index in [0.717, 1.165) is 48.1 Å². The van der Waals surface area contributed by atoms with Crippen LogP contribution in [0.3, 0.4) is 0 Å². The normalized spacial score (nSPS) is 20.3. The number of benzene rings is 2. The van der Waals surface area contributed by atoms with Crippen LogP contribution in [-0.2, 0) is 6.42 Å². The fourth-order valence-electron chi connectivity index (χ4n) is 3.98. The second kappa shape index (κ2) is 5.55. The van der Waals surface area contributed by atoms with Gasteiger partial charge in [0, 0.05) is 0 Å². The molecule has 2 aromatic rings. The number of rotatable bonds is 3. The third-order valence-corrected chi connectivity index (χ3v) is 5.54. The summed E-state index contributed by atoms with van der Waals surface area (Å²) in [6.45, 7) is 0. The van der Waals surface area contributed by atoms with Crippen molar-refractivity contribution in [3.8, 4) is 16.9 Å². The second-order valence-electron chi connectivity index (χ2n) is 6.89. The van der Waals surface area contributed by atoms with Gasteiger partial charge in [0.05, 0.1) is 13.2 Å². The van der Waals surface area contributed by atoms with Crippen LogP contribution in [0.4, 0.5) is 4.79 Å². The van der Waals surface area contributed by atoms with Crippen LogP contribution < -0.4 is 10.1 Å². The minimum atomic E-state index is -0.932. The van der Waals surface area contributed by atoms with E-state index in [4.69, 9.17) is 4.74 Å². The Labute approximate surface area is 141 Å². The molecule has 4 nitrogen and oxygen atoms in total. The van der Waals surface area contributed by atoms with Crippen LogP contribution in [0.1, 0.15) is 36.4 Å². The summed E-state index contributed by atoms with van der Waals surface area (Å²) in [6, 6.07) is 14.4. The van der Waals surface area contributed by atoms with E-state index in [9.17, 15) is 9.90 Å². The standard InChI is InChI=1S/C20H21NO3/c1-24-16-5-2-13(3-6-16)14-4-7-17-15(12-14)8-9-20(10-11-20)18(17)21-19(22)23/h2-7,12,18,21H,8-11H2,1H3,(H,22,23). The van der Waals surface area contributed by atoms with Gasteiger partial charge >= 0.3 is 6.09 Å². The molecule has 1 atom stereocenters. The average Bonchev–Trinajstić information content (AvgIpc) is 3.38. The summed E-state index contributed by atoms with van der Waals surface area (Å²) in [6.07, 6.45) is 3.40. The summed E-state index contributed by atoms with van der Waals surface area (Å²) in [7, 11) is 1.66. The zero-order valence-electron chi connectivity index (χ0n) is 13.7. The van der Waals surface area contributed by atoms with Gasteiger partial charge in [0.25, 0.3) is 0 Å². The van der Waals surface area contributed by atoms with Crippen LogP contribution in [0, 0.1) is 5.41 Å². The minimum absolute atomic E-state index is 0.0660. The molecule has 0 saturated heterocycles. The largest absolute Gasteiger partial charge is 0.497 e. The molecule has 0 heterocycles. The molecule has 0 aromatic heterocycles. The number of aryl methyl sites for hydroxylation is 1.